The minimum Gasteiger partial charge on any atom is -0.460 e. The van der Waals surface area contributed by atoms with Crippen LogP contribution in [0.15, 0.2) is 18.6 Å². The third-order valence-electron chi connectivity index (χ3n) is 4.34. The first-order chi connectivity index (χ1) is 11.0. The maximum atomic E-state index is 12.0. The third kappa shape index (κ3) is 5.01. The molecule has 1 aromatic rings. The molecule has 0 aliphatic heterocycles. The fourth-order valence-corrected chi connectivity index (χ4v) is 3.06. The second-order valence-electron chi connectivity index (χ2n) is 6.52. The van der Waals surface area contributed by atoms with Gasteiger partial charge in [0.25, 0.3) is 0 Å². The predicted octanol–water partition coefficient (Wildman–Crippen LogP) is 2.64. The van der Waals surface area contributed by atoms with Gasteiger partial charge in [0, 0.05) is 12.4 Å². The SMILES string of the molecule is CC(C)[C@@H]1CC[C@H](C)C[C@H]1OC(=O)COC(=O)c1cnccn1. The minimum atomic E-state index is -0.674. The normalized spacial score (nSPS) is 24.3. The van der Waals surface area contributed by atoms with E-state index in [1.807, 2.05) is 0 Å². The van der Waals surface area contributed by atoms with Crippen molar-refractivity contribution in [1.82, 2.24) is 9.97 Å². The van der Waals surface area contributed by atoms with Gasteiger partial charge in [-0.05, 0) is 30.6 Å². The van der Waals surface area contributed by atoms with Gasteiger partial charge in [-0.2, -0.15) is 0 Å². The highest BCUT2D eigenvalue weighted by Gasteiger charge is 2.33. The van der Waals surface area contributed by atoms with Crippen LogP contribution in [0, 0.1) is 17.8 Å². The molecule has 1 aliphatic rings. The van der Waals surface area contributed by atoms with E-state index in [4.69, 9.17) is 9.47 Å². The molecule has 6 heteroatoms. The number of aromatic nitrogens is 2. The highest BCUT2D eigenvalue weighted by Crippen LogP contribution is 2.35. The first-order valence-electron chi connectivity index (χ1n) is 8.10. The highest BCUT2D eigenvalue weighted by atomic mass is 16.6. The molecule has 23 heavy (non-hydrogen) atoms. The van der Waals surface area contributed by atoms with Crippen molar-refractivity contribution in [3.63, 3.8) is 0 Å². The average Bonchev–Trinajstić information content (AvgIpc) is 2.53. The Balaban J connectivity index is 1.84. The predicted molar refractivity (Wildman–Crippen MR) is 83.5 cm³/mol. The molecule has 1 saturated carbocycles. The van der Waals surface area contributed by atoms with Crippen LogP contribution >= 0.6 is 0 Å². The van der Waals surface area contributed by atoms with Gasteiger partial charge in [0.05, 0.1) is 6.20 Å². The van der Waals surface area contributed by atoms with Crippen molar-refractivity contribution >= 4 is 11.9 Å². The first-order valence-corrected chi connectivity index (χ1v) is 8.10. The molecule has 2 rings (SSSR count). The Morgan fingerprint density at radius 1 is 1.30 bits per heavy atom. The Kier molecular flexibility index (Phi) is 6.07. The van der Waals surface area contributed by atoms with Gasteiger partial charge < -0.3 is 9.47 Å². The molecule has 0 bridgehead atoms. The number of hydrogen-bond donors (Lipinski definition) is 0. The Morgan fingerprint density at radius 3 is 2.74 bits per heavy atom. The zero-order chi connectivity index (χ0) is 16.8. The minimum absolute atomic E-state index is 0.0756. The summed E-state index contributed by atoms with van der Waals surface area (Å²) in [4.78, 5) is 31.3. The molecule has 1 aromatic heterocycles. The van der Waals surface area contributed by atoms with E-state index in [1.165, 1.54) is 25.0 Å². The summed E-state index contributed by atoms with van der Waals surface area (Å²) >= 11 is 0. The molecule has 0 spiro atoms. The Hall–Kier alpha value is -1.98. The van der Waals surface area contributed by atoms with Crippen LogP contribution in [0.25, 0.3) is 0 Å². The quantitative estimate of drug-likeness (QED) is 0.776. The number of hydrogen-bond acceptors (Lipinski definition) is 6. The van der Waals surface area contributed by atoms with Crippen LogP contribution < -0.4 is 0 Å². The van der Waals surface area contributed by atoms with Crippen LogP contribution in [0.4, 0.5) is 0 Å². The molecule has 1 fully saturated rings. The molecule has 3 atom stereocenters. The van der Waals surface area contributed by atoms with Crippen molar-refractivity contribution in [2.75, 3.05) is 6.61 Å². The van der Waals surface area contributed by atoms with Crippen LogP contribution in [0.5, 0.6) is 0 Å². The summed E-state index contributed by atoms with van der Waals surface area (Å²) in [6, 6.07) is 0. The van der Waals surface area contributed by atoms with Crippen molar-refractivity contribution in [3.05, 3.63) is 24.3 Å². The maximum Gasteiger partial charge on any atom is 0.359 e. The van der Waals surface area contributed by atoms with E-state index in [0.29, 0.717) is 17.8 Å². The lowest BCUT2D eigenvalue weighted by Gasteiger charge is -2.36. The average molecular weight is 320 g/mol. The van der Waals surface area contributed by atoms with Gasteiger partial charge in [-0.1, -0.05) is 27.2 Å². The van der Waals surface area contributed by atoms with Crippen molar-refractivity contribution in [3.8, 4) is 0 Å². The van der Waals surface area contributed by atoms with E-state index in [1.54, 1.807) is 0 Å². The monoisotopic (exact) mass is 320 g/mol. The van der Waals surface area contributed by atoms with Crippen molar-refractivity contribution in [2.45, 2.75) is 46.1 Å². The van der Waals surface area contributed by atoms with Crippen LogP contribution in [0.3, 0.4) is 0 Å². The molecule has 126 valence electrons. The fraction of sp³-hybridized carbons (Fsp3) is 0.647. The molecule has 6 nitrogen and oxygen atoms in total. The zero-order valence-electron chi connectivity index (χ0n) is 13.9. The molecule has 0 amide bonds. The number of carbonyl (C=O) groups excluding carboxylic acids is 2. The summed E-state index contributed by atoms with van der Waals surface area (Å²) in [5.41, 5.74) is 0.0756. The maximum absolute atomic E-state index is 12.0. The summed E-state index contributed by atoms with van der Waals surface area (Å²) in [5, 5.41) is 0. The van der Waals surface area contributed by atoms with Gasteiger partial charge in [0.2, 0.25) is 0 Å². The van der Waals surface area contributed by atoms with Crippen LogP contribution in [0.1, 0.15) is 50.5 Å². The van der Waals surface area contributed by atoms with Gasteiger partial charge in [-0.3, -0.25) is 4.98 Å². The van der Waals surface area contributed by atoms with Crippen LogP contribution in [-0.4, -0.2) is 34.6 Å². The Morgan fingerprint density at radius 2 is 2.09 bits per heavy atom. The van der Waals surface area contributed by atoms with Gasteiger partial charge in [0.1, 0.15) is 6.10 Å². The number of rotatable bonds is 5. The molecule has 1 heterocycles. The van der Waals surface area contributed by atoms with E-state index in [0.717, 1.165) is 12.8 Å². The third-order valence-corrected chi connectivity index (χ3v) is 4.34. The fourth-order valence-electron chi connectivity index (χ4n) is 3.06. The molecule has 0 radical (unpaired) electrons. The smallest absolute Gasteiger partial charge is 0.359 e. The topological polar surface area (TPSA) is 78.4 Å². The van der Waals surface area contributed by atoms with Crippen molar-refractivity contribution < 1.29 is 19.1 Å². The number of esters is 2. The summed E-state index contributed by atoms with van der Waals surface area (Å²) < 4.78 is 10.5. The van der Waals surface area contributed by atoms with Gasteiger partial charge in [-0.15, -0.1) is 0 Å². The van der Waals surface area contributed by atoms with E-state index in [2.05, 4.69) is 30.7 Å². The molecule has 0 aromatic carbocycles. The first kappa shape index (κ1) is 17.4. The van der Waals surface area contributed by atoms with Crippen molar-refractivity contribution in [1.29, 1.82) is 0 Å². The molecular formula is C17H24N2O4. The lowest BCUT2D eigenvalue weighted by atomic mass is 9.75. The van der Waals surface area contributed by atoms with E-state index >= 15 is 0 Å². The summed E-state index contributed by atoms with van der Waals surface area (Å²) in [5.74, 6) is 0.192. The second kappa shape index (κ2) is 8.04. The Bertz CT molecular complexity index is 533. The molecular weight excluding hydrogens is 296 g/mol. The molecule has 0 N–H and O–H groups in total. The highest BCUT2D eigenvalue weighted by molar-refractivity contribution is 5.88. The van der Waals surface area contributed by atoms with Gasteiger partial charge in [0.15, 0.2) is 12.3 Å². The Labute approximate surface area is 136 Å². The summed E-state index contributed by atoms with van der Waals surface area (Å²) in [7, 11) is 0. The molecule has 1 aliphatic carbocycles. The number of carbonyl (C=O) groups is 2. The molecule has 0 saturated heterocycles. The van der Waals surface area contributed by atoms with Gasteiger partial charge >= 0.3 is 11.9 Å². The van der Waals surface area contributed by atoms with Crippen LogP contribution in [-0.2, 0) is 14.3 Å². The van der Waals surface area contributed by atoms with Crippen molar-refractivity contribution in [2.24, 2.45) is 17.8 Å². The second-order valence-corrected chi connectivity index (χ2v) is 6.52. The number of nitrogens with zero attached hydrogens (tertiary/aromatic N) is 2. The zero-order valence-corrected chi connectivity index (χ0v) is 13.9. The molecule has 0 unspecified atom stereocenters. The lowest BCUT2D eigenvalue weighted by molar-refractivity contribution is -0.159. The van der Waals surface area contributed by atoms with Crippen LogP contribution in [0.2, 0.25) is 0 Å². The number of ether oxygens (including phenoxy) is 2. The summed E-state index contributed by atoms with van der Waals surface area (Å²) in [6.45, 7) is 6.07. The van der Waals surface area contributed by atoms with E-state index in [9.17, 15) is 9.59 Å². The van der Waals surface area contributed by atoms with E-state index in [-0.39, 0.29) is 11.8 Å². The van der Waals surface area contributed by atoms with Gasteiger partial charge in [-0.25, -0.2) is 14.6 Å². The lowest BCUT2D eigenvalue weighted by Crippen LogP contribution is -2.36. The standard InChI is InChI=1S/C17H24N2O4/c1-11(2)13-5-4-12(3)8-15(13)23-16(20)10-22-17(21)14-9-18-6-7-19-14/h6-7,9,11-13,15H,4-5,8,10H2,1-3H3/t12-,13-,15+/m0/s1. The largest absolute Gasteiger partial charge is 0.460 e. The van der Waals surface area contributed by atoms with E-state index < -0.39 is 18.5 Å². The summed E-state index contributed by atoms with van der Waals surface area (Å²) in [6.07, 6.45) is 7.15.